The number of benzene rings is 1. The quantitative estimate of drug-likeness (QED) is 0.666. The van der Waals surface area contributed by atoms with Crippen molar-refractivity contribution in [2.45, 2.75) is 24.9 Å². The molecule has 104 valence electrons. The Kier molecular flexibility index (Phi) is 3.75. The van der Waals surface area contributed by atoms with Crippen LogP contribution in [0, 0.1) is 10.1 Å². The SMILES string of the molecule is O=[N+]([O-])c1cc(C(F)(F)F)ccc1C1CCNCC1. The minimum Gasteiger partial charge on any atom is -0.317 e. The van der Waals surface area contributed by atoms with E-state index in [0.29, 0.717) is 24.5 Å². The highest BCUT2D eigenvalue weighted by atomic mass is 19.4. The van der Waals surface area contributed by atoms with Crippen LogP contribution in [0.5, 0.6) is 0 Å². The van der Waals surface area contributed by atoms with Crippen molar-refractivity contribution in [3.8, 4) is 0 Å². The highest BCUT2D eigenvalue weighted by Gasteiger charge is 2.34. The number of hydrogen-bond donors (Lipinski definition) is 1. The first-order valence-electron chi connectivity index (χ1n) is 5.96. The van der Waals surface area contributed by atoms with Crippen molar-refractivity contribution in [1.29, 1.82) is 0 Å². The molecule has 1 aromatic carbocycles. The van der Waals surface area contributed by atoms with Crippen LogP contribution in [-0.2, 0) is 6.18 Å². The molecule has 0 radical (unpaired) electrons. The van der Waals surface area contributed by atoms with Gasteiger partial charge in [0.1, 0.15) is 0 Å². The molecule has 0 aliphatic carbocycles. The normalized spacial score (nSPS) is 17.4. The summed E-state index contributed by atoms with van der Waals surface area (Å²) in [6.45, 7) is 1.45. The Hall–Kier alpha value is -1.63. The third-order valence-electron chi connectivity index (χ3n) is 3.33. The van der Waals surface area contributed by atoms with Crippen molar-refractivity contribution >= 4 is 5.69 Å². The summed E-state index contributed by atoms with van der Waals surface area (Å²) < 4.78 is 37.7. The largest absolute Gasteiger partial charge is 0.416 e. The van der Waals surface area contributed by atoms with Gasteiger partial charge in [-0.3, -0.25) is 10.1 Å². The third-order valence-corrected chi connectivity index (χ3v) is 3.33. The smallest absolute Gasteiger partial charge is 0.317 e. The van der Waals surface area contributed by atoms with Gasteiger partial charge in [0.05, 0.1) is 10.5 Å². The number of nitrogens with one attached hydrogen (secondary N) is 1. The van der Waals surface area contributed by atoms with Crippen LogP contribution < -0.4 is 5.32 Å². The number of nitro groups is 1. The minimum absolute atomic E-state index is 0.0519. The highest BCUT2D eigenvalue weighted by Crippen LogP contribution is 2.37. The summed E-state index contributed by atoms with van der Waals surface area (Å²) >= 11 is 0. The minimum atomic E-state index is -4.56. The molecule has 0 bridgehead atoms. The van der Waals surface area contributed by atoms with E-state index < -0.39 is 22.4 Å². The van der Waals surface area contributed by atoms with E-state index in [0.717, 1.165) is 19.2 Å². The maximum Gasteiger partial charge on any atom is 0.416 e. The summed E-state index contributed by atoms with van der Waals surface area (Å²) in [6.07, 6.45) is -3.16. The molecule has 19 heavy (non-hydrogen) atoms. The molecule has 1 aliphatic rings. The first-order chi connectivity index (χ1) is 8.89. The van der Waals surface area contributed by atoms with Crippen LogP contribution in [0.15, 0.2) is 18.2 Å². The van der Waals surface area contributed by atoms with Gasteiger partial charge in [-0.2, -0.15) is 13.2 Å². The fourth-order valence-corrected chi connectivity index (χ4v) is 2.36. The summed E-state index contributed by atoms with van der Waals surface area (Å²) in [7, 11) is 0. The van der Waals surface area contributed by atoms with Crippen molar-refractivity contribution < 1.29 is 18.1 Å². The Morgan fingerprint density at radius 1 is 1.26 bits per heavy atom. The van der Waals surface area contributed by atoms with Gasteiger partial charge in [-0.1, -0.05) is 6.07 Å². The maximum atomic E-state index is 12.6. The standard InChI is InChI=1S/C12H13F3N2O2/c13-12(14,15)9-1-2-10(11(7-9)17(18)19)8-3-5-16-6-4-8/h1-2,7-8,16H,3-6H2. The maximum absolute atomic E-state index is 12.6. The number of piperidine rings is 1. The zero-order chi connectivity index (χ0) is 14.0. The Balaban J connectivity index is 2.40. The second-order valence-corrected chi connectivity index (χ2v) is 4.55. The molecule has 1 N–H and O–H groups in total. The summed E-state index contributed by atoms with van der Waals surface area (Å²) in [5.74, 6) is -0.0519. The molecule has 2 rings (SSSR count). The molecule has 0 aromatic heterocycles. The predicted octanol–water partition coefficient (Wildman–Crippen LogP) is 3.08. The molecule has 0 unspecified atom stereocenters. The van der Waals surface area contributed by atoms with E-state index >= 15 is 0 Å². The van der Waals surface area contributed by atoms with Crippen LogP contribution in [0.4, 0.5) is 18.9 Å². The van der Waals surface area contributed by atoms with Gasteiger partial charge in [0.2, 0.25) is 0 Å². The van der Waals surface area contributed by atoms with E-state index in [1.54, 1.807) is 0 Å². The summed E-state index contributed by atoms with van der Waals surface area (Å²) in [5, 5.41) is 14.1. The van der Waals surface area contributed by atoms with Crippen LogP contribution in [0.25, 0.3) is 0 Å². The molecule has 1 heterocycles. The second-order valence-electron chi connectivity index (χ2n) is 4.55. The van der Waals surface area contributed by atoms with Gasteiger partial charge in [-0.05, 0) is 37.9 Å². The molecular weight excluding hydrogens is 261 g/mol. The molecular formula is C12H13F3N2O2. The van der Waals surface area contributed by atoms with Gasteiger partial charge in [-0.25, -0.2) is 0 Å². The van der Waals surface area contributed by atoms with Crippen molar-refractivity contribution in [2.24, 2.45) is 0 Å². The Bertz CT molecular complexity index is 482. The van der Waals surface area contributed by atoms with E-state index in [2.05, 4.69) is 5.32 Å². The molecule has 7 heteroatoms. The zero-order valence-electron chi connectivity index (χ0n) is 10.0. The van der Waals surface area contributed by atoms with Crippen LogP contribution in [-0.4, -0.2) is 18.0 Å². The first kappa shape index (κ1) is 13.8. The van der Waals surface area contributed by atoms with E-state index in [-0.39, 0.29) is 5.92 Å². The van der Waals surface area contributed by atoms with Crippen LogP contribution in [0.3, 0.4) is 0 Å². The summed E-state index contributed by atoms with van der Waals surface area (Å²) in [6, 6.07) is 2.80. The number of hydrogen-bond acceptors (Lipinski definition) is 3. The lowest BCUT2D eigenvalue weighted by molar-refractivity contribution is -0.386. The van der Waals surface area contributed by atoms with Crippen molar-refractivity contribution in [2.75, 3.05) is 13.1 Å². The molecule has 1 aromatic rings. The van der Waals surface area contributed by atoms with Gasteiger partial charge in [0, 0.05) is 11.6 Å². The number of halogens is 3. The van der Waals surface area contributed by atoms with Crippen LogP contribution >= 0.6 is 0 Å². The number of nitrogens with zero attached hydrogens (tertiary/aromatic N) is 1. The van der Waals surface area contributed by atoms with Gasteiger partial charge in [0.25, 0.3) is 5.69 Å². The summed E-state index contributed by atoms with van der Waals surface area (Å²) in [4.78, 5) is 10.2. The van der Waals surface area contributed by atoms with Crippen LogP contribution in [0.2, 0.25) is 0 Å². The molecule has 1 aliphatic heterocycles. The number of nitro benzene ring substituents is 1. The van der Waals surface area contributed by atoms with E-state index in [1.165, 1.54) is 6.07 Å². The molecule has 1 saturated heterocycles. The van der Waals surface area contributed by atoms with E-state index in [9.17, 15) is 23.3 Å². The molecule has 0 amide bonds. The summed E-state index contributed by atoms with van der Waals surface area (Å²) in [5.41, 5.74) is -1.00. The average Bonchev–Trinajstić information content (AvgIpc) is 2.38. The van der Waals surface area contributed by atoms with Crippen molar-refractivity contribution in [3.05, 3.63) is 39.4 Å². The Morgan fingerprint density at radius 2 is 1.89 bits per heavy atom. The van der Waals surface area contributed by atoms with Gasteiger partial charge < -0.3 is 5.32 Å². The van der Waals surface area contributed by atoms with Gasteiger partial charge in [0.15, 0.2) is 0 Å². The Morgan fingerprint density at radius 3 is 2.42 bits per heavy atom. The molecule has 0 spiro atoms. The molecule has 4 nitrogen and oxygen atoms in total. The molecule has 1 fully saturated rings. The number of alkyl halides is 3. The topological polar surface area (TPSA) is 55.2 Å². The van der Waals surface area contributed by atoms with E-state index in [1.807, 2.05) is 0 Å². The predicted molar refractivity (Wildman–Crippen MR) is 62.9 cm³/mol. The van der Waals surface area contributed by atoms with E-state index in [4.69, 9.17) is 0 Å². The highest BCUT2D eigenvalue weighted by molar-refractivity contribution is 5.46. The number of rotatable bonds is 2. The lowest BCUT2D eigenvalue weighted by atomic mass is 9.88. The fourth-order valence-electron chi connectivity index (χ4n) is 2.36. The lowest BCUT2D eigenvalue weighted by Gasteiger charge is -2.23. The third kappa shape index (κ3) is 3.04. The second kappa shape index (κ2) is 5.16. The lowest BCUT2D eigenvalue weighted by Crippen LogP contribution is -2.27. The van der Waals surface area contributed by atoms with Gasteiger partial charge in [-0.15, -0.1) is 0 Å². The van der Waals surface area contributed by atoms with Crippen molar-refractivity contribution in [3.63, 3.8) is 0 Å². The Labute approximate surface area is 107 Å². The average molecular weight is 274 g/mol. The fraction of sp³-hybridized carbons (Fsp3) is 0.500. The first-order valence-corrected chi connectivity index (χ1v) is 5.96. The molecule has 0 atom stereocenters. The molecule has 0 saturated carbocycles. The zero-order valence-corrected chi connectivity index (χ0v) is 10.0. The van der Waals surface area contributed by atoms with Gasteiger partial charge >= 0.3 is 6.18 Å². The van der Waals surface area contributed by atoms with Crippen molar-refractivity contribution in [1.82, 2.24) is 5.32 Å². The monoisotopic (exact) mass is 274 g/mol. The van der Waals surface area contributed by atoms with Crippen LogP contribution in [0.1, 0.15) is 29.9 Å².